The van der Waals surface area contributed by atoms with Crippen molar-refractivity contribution in [2.75, 3.05) is 13.2 Å². The van der Waals surface area contributed by atoms with Crippen LogP contribution in [0.3, 0.4) is 0 Å². The quantitative estimate of drug-likeness (QED) is 0.0321. The zero-order valence-corrected chi connectivity index (χ0v) is 46.1. The highest BCUT2D eigenvalue weighted by molar-refractivity contribution is 5.76. The number of carbonyl (C=O) groups is 2. The molecule has 2 unspecified atom stereocenters. The number of hydrogen-bond acceptors (Lipinski definition) is 5. The van der Waals surface area contributed by atoms with Crippen LogP contribution in [0.5, 0.6) is 0 Å². The number of aliphatic hydroxyl groups excluding tert-OH is 2. The van der Waals surface area contributed by atoms with E-state index in [2.05, 4.69) is 19.2 Å². The number of allylic oxidation sites excluding steroid dienone is 1. The van der Waals surface area contributed by atoms with E-state index in [0.29, 0.717) is 19.4 Å². The summed E-state index contributed by atoms with van der Waals surface area (Å²) >= 11 is 0. The van der Waals surface area contributed by atoms with Crippen molar-refractivity contribution in [2.24, 2.45) is 0 Å². The Morgan fingerprint density at radius 1 is 0.397 bits per heavy atom. The molecule has 0 radical (unpaired) electrons. The lowest BCUT2D eigenvalue weighted by atomic mass is 10.0. The Morgan fingerprint density at radius 2 is 0.676 bits per heavy atom. The maximum Gasteiger partial charge on any atom is 0.305 e. The number of aliphatic hydroxyl groups is 2. The normalized spacial score (nSPS) is 12.6. The van der Waals surface area contributed by atoms with Gasteiger partial charge < -0.3 is 20.3 Å². The van der Waals surface area contributed by atoms with Crippen LogP contribution in [-0.2, 0) is 14.3 Å². The number of unbranched alkanes of at least 4 members (excludes halogenated alkanes) is 47. The lowest BCUT2D eigenvalue weighted by Crippen LogP contribution is -2.45. The van der Waals surface area contributed by atoms with Crippen molar-refractivity contribution in [3.05, 3.63) is 12.2 Å². The van der Waals surface area contributed by atoms with Gasteiger partial charge in [0.1, 0.15) is 0 Å². The monoisotopic (exact) mass is 960 g/mol. The third-order valence-electron chi connectivity index (χ3n) is 14.6. The van der Waals surface area contributed by atoms with Crippen LogP contribution in [-0.4, -0.2) is 47.4 Å². The van der Waals surface area contributed by atoms with Gasteiger partial charge in [-0.3, -0.25) is 9.59 Å². The fourth-order valence-corrected chi connectivity index (χ4v) is 9.81. The van der Waals surface area contributed by atoms with E-state index >= 15 is 0 Å². The van der Waals surface area contributed by atoms with Crippen LogP contribution in [0.25, 0.3) is 0 Å². The average molecular weight is 961 g/mol. The predicted molar refractivity (Wildman–Crippen MR) is 297 cm³/mol. The number of rotatable bonds is 58. The molecule has 0 fully saturated rings. The minimum Gasteiger partial charge on any atom is -0.466 e. The Labute approximate surface area is 425 Å². The van der Waals surface area contributed by atoms with Gasteiger partial charge in [0.25, 0.3) is 0 Å². The Bertz CT molecular complexity index is 1020. The number of hydrogen-bond donors (Lipinski definition) is 3. The van der Waals surface area contributed by atoms with E-state index in [9.17, 15) is 19.8 Å². The summed E-state index contributed by atoms with van der Waals surface area (Å²) in [5.41, 5.74) is 0. The Kier molecular flexibility index (Phi) is 57.0. The molecule has 3 N–H and O–H groups in total. The van der Waals surface area contributed by atoms with Crippen LogP contribution in [0.15, 0.2) is 12.2 Å². The second-order valence-electron chi connectivity index (χ2n) is 21.4. The third kappa shape index (κ3) is 53.9. The molecule has 1 amide bonds. The number of nitrogens with one attached hydrogen (secondary N) is 1. The fourth-order valence-electron chi connectivity index (χ4n) is 9.81. The van der Waals surface area contributed by atoms with Gasteiger partial charge in [-0.15, -0.1) is 0 Å². The molecule has 6 nitrogen and oxygen atoms in total. The molecule has 0 heterocycles. The summed E-state index contributed by atoms with van der Waals surface area (Å²) in [5, 5.41) is 23.2. The van der Waals surface area contributed by atoms with Crippen LogP contribution in [0.2, 0.25) is 0 Å². The zero-order chi connectivity index (χ0) is 49.3. The first-order chi connectivity index (χ1) is 33.5. The molecule has 404 valence electrons. The molecule has 0 saturated carbocycles. The van der Waals surface area contributed by atoms with E-state index in [0.717, 1.165) is 57.8 Å². The van der Waals surface area contributed by atoms with E-state index in [1.165, 1.54) is 263 Å². The molecular weight excluding hydrogens is 839 g/mol. The van der Waals surface area contributed by atoms with Crippen molar-refractivity contribution in [2.45, 2.75) is 360 Å². The van der Waals surface area contributed by atoms with Crippen LogP contribution in [0.4, 0.5) is 0 Å². The summed E-state index contributed by atoms with van der Waals surface area (Å²) in [4.78, 5) is 24.6. The molecule has 2 atom stereocenters. The van der Waals surface area contributed by atoms with E-state index in [1.807, 2.05) is 6.08 Å². The zero-order valence-electron chi connectivity index (χ0n) is 46.1. The van der Waals surface area contributed by atoms with Crippen molar-refractivity contribution in [1.29, 1.82) is 0 Å². The second kappa shape index (κ2) is 58.2. The molecule has 0 aliphatic heterocycles. The molecule has 0 aromatic heterocycles. The fraction of sp³-hybridized carbons (Fsp3) is 0.935. The molecule has 0 spiro atoms. The van der Waals surface area contributed by atoms with Gasteiger partial charge in [-0.1, -0.05) is 315 Å². The van der Waals surface area contributed by atoms with Crippen molar-refractivity contribution in [3.8, 4) is 0 Å². The summed E-state index contributed by atoms with van der Waals surface area (Å²) in [7, 11) is 0. The standard InChI is InChI=1S/C62H121NO5/c1-3-5-7-9-11-13-15-17-19-20-21-22-23-24-25-26-27-28-30-31-34-38-42-46-50-54-60(65)59(58-64)63-61(66)55-51-47-43-39-35-33-37-41-45-49-53-57-68-62(67)56-52-48-44-40-36-32-29-18-16-14-12-10-8-6-4-2/h50,54,59-60,64-65H,3-49,51-53,55-58H2,1-2H3,(H,63,66)/b54-50+. The Balaban J connectivity index is 3.47. The van der Waals surface area contributed by atoms with Gasteiger partial charge in [0.05, 0.1) is 25.4 Å². The number of carbonyl (C=O) groups excluding carboxylic acids is 2. The minimum atomic E-state index is -0.857. The molecule has 0 saturated heterocycles. The van der Waals surface area contributed by atoms with Crippen LogP contribution < -0.4 is 5.32 Å². The third-order valence-corrected chi connectivity index (χ3v) is 14.6. The maximum absolute atomic E-state index is 12.5. The highest BCUT2D eigenvalue weighted by atomic mass is 16.5. The van der Waals surface area contributed by atoms with Gasteiger partial charge in [0.15, 0.2) is 0 Å². The largest absolute Gasteiger partial charge is 0.466 e. The van der Waals surface area contributed by atoms with Crippen molar-refractivity contribution < 1.29 is 24.5 Å². The highest BCUT2D eigenvalue weighted by Gasteiger charge is 2.18. The molecule has 6 heteroatoms. The summed E-state index contributed by atoms with van der Waals surface area (Å²) < 4.78 is 5.47. The Morgan fingerprint density at radius 3 is 1.00 bits per heavy atom. The first-order valence-electron chi connectivity index (χ1n) is 31.0. The van der Waals surface area contributed by atoms with Gasteiger partial charge >= 0.3 is 5.97 Å². The summed E-state index contributed by atoms with van der Waals surface area (Å²) in [6.45, 7) is 4.90. The first kappa shape index (κ1) is 66.6. The SMILES string of the molecule is CCCCCCCCCCCCCCCCCCCCCCCCC/C=C/C(O)C(CO)NC(=O)CCCCCCCCCCCCCOC(=O)CCCCCCCCCCCCCCCCC. The van der Waals surface area contributed by atoms with Crippen molar-refractivity contribution in [1.82, 2.24) is 5.32 Å². The van der Waals surface area contributed by atoms with Gasteiger partial charge in [-0.05, 0) is 32.1 Å². The molecule has 0 aliphatic rings. The lowest BCUT2D eigenvalue weighted by molar-refractivity contribution is -0.143. The number of ether oxygens (including phenoxy) is 1. The van der Waals surface area contributed by atoms with Crippen molar-refractivity contribution >= 4 is 11.9 Å². The second-order valence-corrected chi connectivity index (χ2v) is 21.4. The smallest absolute Gasteiger partial charge is 0.305 e. The van der Waals surface area contributed by atoms with Gasteiger partial charge in [-0.25, -0.2) is 0 Å². The van der Waals surface area contributed by atoms with E-state index in [4.69, 9.17) is 4.74 Å². The summed E-state index contributed by atoms with van der Waals surface area (Å²) in [6, 6.07) is -0.642. The number of esters is 1. The van der Waals surface area contributed by atoms with Gasteiger partial charge in [-0.2, -0.15) is 0 Å². The predicted octanol–water partition coefficient (Wildman–Crippen LogP) is 19.2. The van der Waals surface area contributed by atoms with Gasteiger partial charge in [0.2, 0.25) is 5.91 Å². The molecule has 0 aromatic rings. The first-order valence-corrected chi connectivity index (χ1v) is 31.0. The molecule has 0 aliphatic carbocycles. The van der Waals surface area contributed by atoms with E-state index in [1.54, 1.807) is 6.08 Å². The summed E-state index contributed by atoms with van der Waals surface area (Å²) in [5.74, 6) is -0.0934. The lowest BCUT2D eigenvalue weighted by Gasteiger charge is -2.20. The molecule has 0 rings (SSSR count). The van der Waals surface area contributed by atoms with Crippen molar-refractivity contribution in [3.63, 3.8) is 0 Å². The molecule has 68 heavy (non-hydrogen) atoms. The van der Waals surface area contributed by atoms with Gasteiger partial charge in [0, 0.05) is 12.8 Å². The minimum absolute atomic E-state index is 0.0112. The maximum atomic E-state index is 12.5. The Hall–Kier alpha value is -1.40. The highest BCUT2D eigenvalue weighted by Crippen LogP contribution is 2.18. The average Bonchev–Trinajstić information content (AvgIpc) is 3.34. The topological polar surface area (TPSA) is 95.9 Å². The number of amides is 1. The molecule has 0 bridgehead atoms. The molecule has 0 aromatic carbocycles. The van der Waals surface area contributed by atoms with E-state index < -0.39 is 12.1 Å². The van der Waals surface area contributed by atoms with Crippen LogP contribution in [0, 0.1) is 0 Å². The van der Waals surface area contributed by atoms with E-state index in [-0.39, 0.29) is 18.5 Å². The van der Waals surface area contributed by atoms with Crippen LogP contribution in [0.1, 0.15) is 348 Å². The molecular formula is C62H121NO5. The van der Waals surface area contributed by atoms with Crippen LogP contribution >= 0.6 is 0 Å². The summed E-state index contributed by atoms with van der Waals surface area (Å²) in [6.07, 6.45) is 69.6.